The third kappa shape index (κ3) is 5.12. The van der Waals surface area contributed by atoms with Gasteiger partial charge in [-0.3, -0.25) is 9.79 Å². The van der Waals surface area contributed by atoms with Crippen molar-refractivity contribution in [3.63, 3.8) is 0 Å². The van der Waals surface area contributed by atoms with Crippen molar-refractivity contribution in [3.8, 4) is 6.07 Å². The zero-order chi connectivity index (χ0) is 22.7. The Morgan fingerprint density at radius 3 is 2.53 bits per heavy atom. The zero-order valence-electron chi connectivity index (χ0n) is 16.1. The molecule has 1 amide bonds. The molecule has 0 aliphatic rings. The summed E-state index contributed by atoms with van der Waals surface area (Å²) in [5, 5.41) is 21.6. The molecule has 0 fully saturated rings. The van der Waals surface area contributed by atoms with E-state index in [0.717, 1.165) is 18.2 Å². The maximum Gasteiger partial charge on any atom is 0.417 e. The van der Waals surface area contributed by atoms with Crippen LogP contribution < -0.4 is 10.2 Å². The summed E-state index contributed by atoms with van der Waals surface area (Å²) in [5.41, 5.74) is -3.48. The second-order valence-corrected chi connectivity index (χ2v) is 6.75. The first-order valence-electron chi connectivity index (χ1n) is 8.51. The number of nitrogens with one attached hydrogen (secondary N) is 1. The minimum atomic E-state index is -4.79. The summed E-state index contributed by atoms with van der Waals surface area (Å²) in [6, 6.07) is 7.82. The van der Waals surface area contributed by atoms with Crippen molar-refractivity contribution in [1.82, 2.24) is 0 Å². The maximum absolute atomic E-state index is 13.4. The number of likely N-dealkylation sites (N-methyl/N-ethyl adjacent to an activating group) is 1. The normalized spacial score (nSPS) is 13.1. The lowest BCUT2D eigenvalue weighted by Crippen LogP contribution is -2.48. The summed E-state index contributed by atoms with van der Waals surface area (Å²) in [4.78, 5) is 17.6. The number of halogens is 4. The van der Waals surface area contributed by atoms with Gasteiger partial charge < -0.3 is 15.3 Å². The molecule has 1 unspecified atom stereocenters. The molecule has 158 valence electrons. The molecular weight excluding hydrogens is 404 g/mol. The largest absolute Gasteiger partial charge is 0.417 e. The number of alkyl halides is 3. The van der Waals surface area contributed by atoms with Crippen LogP contribution in [-0.2, 0) is 11.0 Å². The van der Waals surface area contributed by atoms with Crippen LogP contribution in [0.15, 0.2) is 41.4 Å². The number of hydrogen-bond acceptors (Lipinski definition) is 5. The summed E-state index contributed by atoms with van der Waals surface area (Å²) in [5.74, 6) is -1.51. The molecule has 2 rings (SSSR count). The van der Waals surface area contributed by atoms with Gasteiger partial charge >= 0.3 is 6.18 Å². The second-order valence-electron chi connectivity index (χ2n) is 6.75. The molecule has 0 radical (unpaired) electrons. The average molecular weight is 422 g/mol. The van der Waals surface area contributed by atoms with Crippen molar-refractivity contribution in [2.24, 2.45) is 4.99 Å². The Kier molecular flexibility index (Phi) is 6.47. The Morgan fingerprint density at radius 1 is 1.30 bits per heavy atom. The number of hydrogen-bond donors (Lipinski definition) is 2. The second kappa shape index (κ2) is 8.51. The van der Waals surface area contributed by atoms with Gasteiger partial charge in [0.1, 0.15) is 5.82 Å². The van der Waals surface area contributed by atoms with Crippen molar-refractivity contribution < 1.29 is 27.5 Å². The monoisotopic (exact) mass is 422 g/mol. The highest BCUT2D eigenvalue weighted by atomic mass is 19.4. The topological polar surface area (TPSA) is 88.7 Å². The first-order valence-corrected chi connectivity index (χ1v) is 8.51. The first kappa shape index (κ1) is 22.8. The van der Waals surface area contributed by atoms with Crippen LogP contribution in [0.2, 0.25) is 0 Å². The van der Waals surface area contributed by atoms with Gasteiger partial charge in [0.05, 0.1) is 35.1 Å². The van der Waals surface area contributed by atoms with E-state index in [9.17, 15) is 27.5 Å². The van der Waals surface area contributed by atoms with E-state index in [-0.39, 0.29) is 17.9 Å². The van der Waals surface area contributed by atoms with E-state index >= 15 is 0 Å². The Morgan fingerprint density at radius 2 is 1.97 bits per heavy atom. The fourth-order valence-corrected chi connectivity index (χ4v) is 2.78. The van der Waals surface area contributed by atoms with Gasteiger partial charge in [0.2, 0.25) is 0 Å². The van der Waals surface area contributed by atoms with E-state index in [1.54, 1.807) is 0 Å². The van der Waals surface area contributed by atoms with Gasteiger partial charge in [-0.25, -0.2) is 4.39 Å². The number of aliphatic hydroxyl groups is 1. The van der Waals surface area contributed by atoms with E-state index in [2.05, 4.69) is 17.0 Å². The lowest BCUT2D eigenvalue weighted by molar-refractivity contribution is -0.138. The Bertz CT molecular complexity index is 1010. The van der Waals surface area contributed by atoms with Gasteiger partial charge in [-0.15, -0.1) is 0 Å². The summed E-state index contributed by atoms with van der Waals surface area (Å²) in [6.45, 7) is 4.24. The van der Waals surface area contributed by atoms with Crippen molar-refractivity contribution in [2.75, 3.05) is 23.8 Å². The molecule has 0 aromatic heterocycles. The third-order valence-corrected chi connectivity index (χ3v) is 4.26. The summed E-state index contributed by atoms with van der Waals surface area (Å²) >= 11 is 0. The molecule has 0 saturated heterocycles. The number of amides is 1. The standard InChI is InChI=1S/C20H18F4N4O2/c1-19(30,11-28(3)17-7-5-13(21)8-16(17)26-2)18(29)27-14-6-4-12(10-25)15(9-14)20(22,23)24/h4-9,30H,2,11H2,1,3H3,(H,27,29). The van der Waals surface area contributed by atoms with Crippen LogP contribution in [0.1, 0.15) is 18.1 Å². The first-order chi connectivity index (χ1) is 13.9. The van der Waals surface area contributed by atoms with Crippen molar-refractivity contribution in [3.05, 3.63) is 53.3 Å². The Balaban J connectivity index is 2.22. The number of anilines is 2. The number of nitriles is 1. The van der Waals surface area contributed by atoms with E-state index in [0.29, 0.717) is 11.8 Å². The highest BCUT2D eigenvalue weighted by molar-refractivity contribution is 5.97. The number of benzene rings is 2. The maximum atomic E-state index is 13.4. The fourth-order valence-electron chi connectivity index (χ4n) is 2.78. The quantitative estimate of drug-likeness (QED) is 0.546. The Hall–Kier alpha value is -3.45. The molecule has 0 aliphatic heterocycles. The van der Waals surface area contributed by atoms with Crippen LogP contribution in [0.25, 0.3) is 0 Å². The van der Waals surface area contributed by atoms with Crippen LogP contribution in [0, 0.1) is 17.1 Å². The SMILES string of the molecule is C=Nc1cc(F)ccc1N(C)CC(C)(O)C(=O)Nc1ccc(C#N)c(C(F)(F)F)c1. The Labute approximate surface area is 170 Å². The highest BCUT2D eigenvalue weighted by Crippen LogP contribution is 2.34. The van der Waals surface area contributed by atoms with Gasteiger partial charge in [0.25, 0.3) is 5.91 Å². The lowest BCUT2D eigenvalue weighted by Gasteiger charge is -2.30. The number of carbonyl (C=O) groups is 1. The summed E-state index contributed by atoms with van der Waals surface area (Å²) in [7, 11) is 1.52. The number of nitrogens with zero attached hydrogens (tertiary/aromatic N) is 3. The third-order valence-electron chi connectivity index (χ3n) is 4.26. The van der Waals surface area contributed by atoms with Crippen molar-refractivity contribution in [1.29, 1.82) is 5.26 Å². The summed E-state index contributed by atoms with van der Waals surface area (Å²) in [6.07, 6.45) is -4.79. The van der Waals surface area contributed by atoms with Crippen molar-refractivity contribution in [2.45, 2.75) is 18.7 Å². The minimum Gasteiger partial charge on any atom is -0.378 e. The fraction of sp³-hybridized carbons (Fsp3) is 0.250. The smallest absolute Gasteiger partial charge is 0.378 e. The van der Waals surface area contributed by atoms with Crippen LogP contribution in [0.5, 0.6) is 0 Å². The molecular formula is C20H18F4N4O2. The van der Waals surface area contributed by atoms with E-state index in [4.69, 9.17) is 5.26 Å². The van der Waals surface area contributed by atoms with Gasteiger partial charge in [-0.1, -0.05) is 0 Å². The van der Waals surface area contributed by atoms with E-state index in [1.807, 2.05) is 0 Å². The molecule has 2 N–H and O–H groups in total. The molecule has 2 aromatic carbocycles. The molecule has 1 atom stereocenters. The zero-order valence-corrected chi connectivity index (χ0v) is 16.1. The molecule has 0 bridgehead atoms. The van der Waals surface area contributed by atoms with Gasteiger partial charge in [0.15, 0.2) is 5.60 Å². The molecule has 0 heterocycles. The predicted molar refractivity (Wildman–Crippen MR) is 104 cm³/mol. The highest BCUT2D eigenvalue weighted by Gasteiger charge is 2.35. The van der Waals surface area contributed by atoms with Crippen molar-refractivity contribution >= 4 is 29.7 Å². The molecule has 10 heteroatoms. The number of rotatable bonds is 6. The van der Waals surface area contributed by atoms with E-state index < -0.39 is 34.6 Å². The average Bonchev–Trinajstić information content (AvgIpc) is 2.66. The molecule has 2 aromatic rings. The molecule has 0 spiro atoms. The summed E-state index contributed by atoms with van der Waals surface area (Å²) < 4.78 is 52.6. The molecule has 6 nitrogen and oxygen atoms in total. The molecule has 30 heavy (non-hydrogen) atoms. The predicted octanol–water partition coefficient (Wildman–Crippen LogP) is 3.87. The van der Waals surface area contributed by atoms with Gasteiger partial charge in [-0.2, -0.15) is 18.4 Å². The van der Waals surface area contributed by atoms with Gasteiger partial charge in [0, 0.05) is 18.8 Å². The number of carbonyl (C=O) groups excluding carboxylic acids is 1. The molecule has 0 saturated carbocycles. The van der Waals surface area contributed by atoms with Crippen LogP contribution in [-0.4, -0.2) is 36.9 Å². The minimum absolute atomic E-state index is 0.190. The van der Waals surface area contributed by atoms with Crippen LogP contribution in [0.3, 0.4) is 0 Å². The van der Waals surface area contributed by atoms with E-state index in [1.165, 1.54) is 37.1 Å². The lowest BCUT2D eigenvalue weighted by atomic mass is 10.0. The molecule has 0 aliphatic carbocycles. The van der Waals surface area contributed by atoms with Crippen LogP contribution in [0.4, 0.5) is 34.6 Å². The number of aliphatic imine (C=N–C) groups is 1. The van der Waals surface area contributed by atoms with Gasteiger partial charge in [-0.05, 0) is 44.0 Å². The van der Waals surface area contributed by atoms with Crippen LogP contribution >= 0.6 is 0 Å².